The van der Waals surface area contributed by atoms with Gasteiger partial charge in [0.1, 0.15) is 5.75 Å². The van der Waals surface area contributed by atoms with E-state index in [2.05, 4.69) is 13.8 Å². The van der Waals surface area contributed by atoms with Crippen molar-refractivity contribution in [2.24, 2.45) is 0 Å². The number of hydrogen-bond donors (Lipinski definition) is 2. The Labute approximate surface area is 95.4 Å². The minimum atomic E-state index is 0.225. The highest BCUT2D eigenvalue weighted by Gasteiger charge is 2.08. The number of nitrogens with two attached hydrogens (primary N) is 1. The Balaban J connectivity index is 2.63. The number of hydrogen-bond acceptors (Lipinski definition) is 2. The summed E-state index contributed by atoms with van der Waals surface area (Å²) in [5, 5.41) is 9.82. The Morgan fingerprint density at radius 1 is 1.00 bits per heavy atom. The van der Waals surface area contributed by atoms with Gasteiger partial charge in [0.25, 0.3) is 0 Å². The molecule has 16 heavy (non-hydrogen) atoms. The van der Waals surface area contributed by atoms with E-state index in [0.29, 0.717) is 11.3 Å². The molecule has 0 fully saturated rings. The van der Waals surface area contributed by atoms with Crippen molar-refractivity contribution in [2.75, 3.05) is 5.73 Å². The number of rotatable bonds is 1. The third-order valence-electron chi connectivity index (χ3n) is 2.87. The van der Waals surface area contributed by atoms with Gasteiger partial charge in [0.05, 0.1) is 0 Å². The van der Waals surface area contributed by atoms with Gasteiger partial charge in [-0.2, -0.15) is 0 Å². The zero-order valence-corrected chi connectivity index (χ0v) is 9.49. The van der Waals surface area contributed by atoms with E-state index in [4.69, 9.17) is 5.73 Å². The Kier molecular flexibility index (Phi) is 2.57. The smallest absolute Gasteiger partial charge is 0.125 e. The molecule has 0 spiro atoms. The van der Waals surface area contributed by atoms with Crippen LogP contribution in [-0.2, 0) is 0 Å². The largest absolute Gasteiger partial charge is 0.507 e. The average molecular weight is 213 g/mol. The van der Waals surface area contributed by atoms with Crippen LogP contribution in [-0.4, -0.2) is 5.11 Å². The molecule has 0 aliphatic carbocycles. The van der Waals surface area contributed by atoms with Gasteiger partial charge in [-0.25, -0.2) is 0 Å². The van der Waals surface area contributed by atoms with Crippen LogP contribution in [0.5, 0.6) is 5.75 Å². The first-order chi connectivity index (χ1) is 7.59. The highest BCUT2D eigenvalue weighted by Crippen LogP contribution is 2.34. The summed E-state index contributed by atoms with van der Waals surface area (Å²) in [5.41, 5.74) is 10.6. The molecule has 0 saturated carbocycles. The number of aryl methyl sites for hydroxylation is 2. The lowest BCUT2D eigenvalue weighted by molar-refractivity contribution is 0.477. The van der Waals surface area contributed by atoms with E-state index in [1.807, 2.05) is 18.2 Å². The summed E-state index contributed by atoms with van der Waals surface area (Å²) < 4.78 is 0. The molecule has 0 aromatic heterocycles. The highest BCUT2D eigenvalue weighted by molar-refractivity contribution is 5.82. The lowest BCUT2D eigenvalue weighted by Crippen LogP contribution is -1.91. The quantitative estimate of drug-likeness (QED) is 0.714. The van der Waals surface area contributed by atoms with E-state index in [0.717, 1.165) is 5.56 Å². The molecule has 82 valence electrons. The first-order valence-electron chi connectivity index (χ1n) is 5.24. The van der Waals surface area contributed by atoms with Gasteiger partial charge in [-0.1, -0.05) is 24.3 Å². The van der Waals surface area contributed by atoms with Crippen LogP contribution in [0.25, 0.3) is 11.1 Å². The van der Waals surface area contributed by atoms with Gasteiger partial charge in [0, 0.05) is 11.3 Å². The molecule has 0 atom stereocenters. The number of phenolic OH excluding ortho intramolecular Hbond substituents is 1. The summed E-state index contributed by atoms with van der Waals surface area (Å²) >= 11 is 0. The molecule has 0 bridgehead atoms. The third kappa shape index (κ3) is 1.74. The fourth-order valence-corrected chi connectivity index (χ4v) is 1.77. The maximum absolute atomic E-state index is 9.82. The molecule has 0 aliphatic heterocycles. The van der Waals surface area contributed by atoms with E-state index < -0.39 is 0 Å². The minimum absolute atomic E-state index is 0.225. The number of benzene rings is 2. The summed E-state index contributed by atoms with van der Waals surface area (Å²) in [6.07, 6.45) is 0. The molecule has 2 aromatic rings. The summed E-state index contributed by atoms with van der Waals surface area (Å²) in [6, 6.07) is 11.3. The molecule has 2 aromatic carbocycles. The van der Waals surface area contributed by atoms with Crippen LogP contribution >= 0.6 is 0 Å². The molecule has 0 radical (unpaired) electrons. The number of anilines is 1. The molecular weight excluding hydrogens is 198 g/mol. The van der Waals surface area contributed by atoms with Crippen molar-refractivity contribution in [1.29, 1.82) is 0 Å². The van der Waals surface area contributed by atoms with Gasteiger partial charge in [-0.05, 0) is 42.7 Å². The molecule has 0 heterocycles. The first-order valence-corrected chi connectivity index (χ1v) is 5.24. The zero-order chi connectivity index (χ0) is 11.7. The third-order valence-corrected chi connectivity index (χ3v) is 2.87. The van der Waals surface area contributed by atoms with E-state index in [1.54, 1.807) is 18.2 Å². The molecule has 2 rings (SSSR count). The van der Waals surface area contributed by atoms with Crippen molar-refractivity contribution in [1.82, 2.24) is 0 Å². The van der Waals surface area contributed by atoms with Crippen LogP contribution in [0.15, 0.2) is 36.4 Å². The molecule has 2 nitrogen and oxygen atoms in total. The van der Waals surface area contributed by atoms with Gasteiger partial charge >= 0.3 is 0 Å². The molecule has 0 unspecified atom stereocenters. The van der Waals surface area contributed by atoms with E-state index in [1.165, 1.54) is 11.1 Å². The van der Waals surface area contributed by atoms with Crippen LogP contribution in [0.1, 0.15) is 11.1 Å². The van der Waals surface area contributed by atoms with Crippen molar-refractivity contribution >= 4 is 5.69 Å². The van der Waals surface area contributed by atoms with Crippen LogP contribution in [0.3, 0.4) is 0 Å². The van der Waals surface area contributed by atoms with Crippen molar-refractivity contribution < 1.29 is 5.11 Å². The van der Waals surface area contributed by atoms with Crippen molar-refractivity contribution in [2.45, 2.75) is 13.8 Å². The van der Waals surface area contributed by atoms with E-state index in [-0.39, 0.29) is 5.75 Å². The summed E-state index contributed by atoms with van der Waals surface area (Å²) in [5.74, 6) is 0.225. The first kappa shape index (κ1) is 10.6. The number of nitrogen functional groups attached to an aromatic ring is 1. The number of phenols is 1. The van der Waals surface area contributed by atoms with Gasteiger partial charge in [0.15, 0.2) is 0 Å². The van der Waals surface area contributed by atoms with Gasteiger partial charge in [-0.15, -0.1) is 0 Å². The molecule has 0 saturated heterocycles. The maximum atomic E-state index is 9.82. The Morgan fingerprint density at radius 3 is 2.38 bits per heavy atom. The molecule has 3 N–H and O–H groups in total. The van der Waals surface area contributed by atoms with Crippen LogP contribution in [0.2, 0.25) is 0 Å². The normalized spacial score (nSPS) is 10.4. The second-order valence-corrected chi connectivity index (χ2v) is 4.04. The van der Waals surface area contributed by atoms with Crippen LogP contribution < -0.4 is 5.73 Å². The summed E-state index contributed by atoms with van der Waals surface area (Å²) in [6.45, 7) is 4.11. The highest BCUT2D eigenvalue weighted by atomic mass is 16.3. The Morgan fingerprint density at radius 2 is 1.75 bits per heavy atom. The monoisotopic (exact) mass is 213 g/mol. The Hall–Kier alpha value is -1.96. The summed E-state index contributed by atoms with van der Waals surface area (Å²) in [4.78, 5) is 0. The predicted molar refractivity (Wildman–Crippen MR) is 67.4 cm³/mol. The predicted octanol–water partition coefficient (Wildman–Crippen LogP) is 3.26. The van der Waals surface area contributed by atoms with E-state index in [9.17, 15) is 5.11 Å². The molecule has 2 heteroatoms. The second-order valence-electron chi connectivity index (χ2n) is 4.04. The van der Waals surface area contributed by atoms with Crippen molar-refractivity contribution in [3.05, 3.63) is 47.5 Å². The van der Waals surface area contributed by atoms with E-state index >= 15 is 0 Å². The van der Waals surface area contributed by atoms with Crippen molar-refractivity contribution in [3.8, 4) is 16.9 Å². The lowest BCUT2D eigenvalue weighted by atomic mass is 9.98. The molecule has 0 aliphatic rings. The van der Waals surface area contributed by atoms with Crippen molar-refractivity contribution in [3.63, 3.8) is 0 Å². The fourth-order valence-electron chi connectivity index (χ4n) is 1.77. The maximum Gasteiger partial charge on any atom is 0.125 e. The molecular formula is C14H15NO. The second kappa shape index (κ2) is 3.89. The molecule has 0 amide bonds. The van der Waals surface area contributed by atoms with Crippen LogP contribution in [0, 0.1) is 13.8 Å². The summed E-state index contributed by atoms with van der Waals surface area (Å²) in [7, 11) is 0. The SMILES string of the molecule is Cc1ccc(-c2c(N)cccc2O)cc1C. The minimum Gasteiger partial charge on any atom is -0.507 e. The average Bonchev–Trinajstić information content (AvgIpc) is 2.23. The topological polar surface area (TPSA) is 46.2 Å². The fraction of sp³-hybridized carbons (Fsp3) is 0.143. The number of aromatic hydroxyl groups is 1. The van der Waals surface area contributed by atoms with Crippen LogP contribution in [0.4, 0.5) is 5.69 Å². The lowest BCUT2D eigenvalue weighted by Gasteiger charge is -2.10. The standard InChI is InChI=1S/C14H15NO/c1-9-6-7-11(8-10(9)2)14-12(15)4-3-5-13(14)16/h3-8,16H,15H2,1-2H3. The van der Waals surface area contributed by atoms with Gasteiger partial charge < -0.3 is 10.8 Å². The Bertz CT molecular complexity index is 512. The van der Waals surface area contributed by atoms with Gasteiger partial charge in [0.2, 0.25) is 0 Å². The zero-order valence-electron chi connectivity index (χ0n) is 9.49. The van der Waals surface area contributed by atoms with Gasteiger partial charge in [-0.3, -0.25) is 0 Å².